The number of amides is 1. The van der Waals surface area contributed by atoms with Crippen molar-refractivity contribution >= 4 is 11.9 Å². The highest BCUT2D eigenvalue weighted by atomic mass is 16.4. The molecule has 2 N–H and O–H groups in total. The minimum Gasteiger partial charge on any atom is -0.481 e. The lowest BCUT2D eigenvalue weighted by Gasteiger charge is -2.42. The number of hydrogen-bond donors (Lipinski definition) is 2. The summed E-state index contributed by atoms with van der Waals surface area (Å²) in [5.74, 6) is -1.12. The fraction of sp³-hybridized carbons (Fsp3) is 0.800. The second kappa shape index (κ2) is 4.18. The maximum absolute atomic E-state index is 11.7. The molecule has 1 heterocycles. The normalized spacial score (nSPS) is 26.1. The first-order valence-electron chi connectivity index (χ1n) is 5.13. The smallest absolute Gasteiger partial charge is 0.305 e. The summed E-state index contributed by atoms with van der Waals surface area (Å²) in [4.78, 5) is 24.2. The molecule has 0 saturated carbocycles. The molecule has 1 aliphatic rings. The van der Waals surface area contributed by atoms with E-state index in [1.807, 2.05) is 25.7 Å². The van der Waals surface area contributed by atoms with Crippen molar-refractivity contribution < 1.29 is 14.7 Å². The number of hydrogen-bond acceptors (Lipinski definition) is 3. The third kappa shape index (κ3) is 2.92. The Bertz CT molecular complexity index is 276. The number of piperazine rings is 1. The minimum atomic E-state index is -0.937. The number of likely N-dealkylation sites (N-methyl/N-ethyl adjacent to an activating group) is 1. The summed E-state index contributed by atoms with van der Waals surface area (Å²) in [5.41, 5.74) is -0.276. The lowest BCUT2D eigenvalue weighted by molar-refractivity contribution is -0.144. The zero-order chi connectivity index (χ0) is 11.6. The van der Waals surface area contributed by atoms with Gasteiger partial charge in [0.15, 0.2) is 0 Å². The number of carboxylic acids is 1. The molecule has 1 saturated heterocycles. The van der Waals surface area contributed by atoms with Crippen molar-refractivity contribution in [2.75, 3.05) is 13.1 Å². The van der Waals surface area contributed by atoms with Gasteiger partial charge < -0.3 is 10.4 Å². The Hall–Kier alpha value is -1.10. The largest absolute Gasteiger partial charge is 0.481 e. The number of carbonyl (C=O) groups is 2. The van der Waals surface area contributed by atoms with Crippen LogP contribution in [0.2, 0.25) is 0 Å². The van der Waals surface area contributed by atoms with Crippen molar-refractivity contribution in [2.24, 2.45) is 0 Å². The molecule has 0 aromatic heterocycles. The Kier molecular flexibility index (Phi) is 3.34. The van der Waals surface area contributed by atoms with Crippen LogP contribution in [0.1, 0.15) is 27.2 Å². The van der Waals surface area contributed by atoms with E-state index in [-0.39, 0.29) is 17.9 Å². The van der Waals surface area contributed by atoms with Crippen LogP contribution < -0.4 is 5.32 Å². The fourth-order valence-corrected chi connectivity index (χ4v) is 1.96. The number of rotatable bonds is 3. The second-order valence-corrected chi connectivity index (χ2v) is 4.55. The van der Waals surface area contributed by atoms with E-state index in [1.54, 1.807) is 0 Å². The van der Waals surface area contributed by atoms with Gasteiger partial charge in [-0.15, -0.1) is 0 Å². The van der Waals surface area contributed by atoms with Gasteiger partial charge in [-0.1, -0.05) is 6.92 Å². The topological polar surface area (TPSA) is 69.6 Å². The molecule has 1 aliphatic heterocycles. The minimum absolute atomic E-state index is 0.129. The number of carbonyl (C=O) groups excluding carboxylic acids is 1. The number of aliphatic carboxylic acids is 1. The number of carboxylic acid groups (broad SMARTS) is 1. The van der Waals surface area contributed by atoms with Crippen LogP contribution in [-0.2, 0) is 9.59 Å². The Morgan fingerprint density at radius 3 is 2.73 bits per heavy atom. The van der Waals surface area contributed by atoms with Crippen molar-refractivity contribution in [3.05, 3.63) is 0 Å². The van der Waals surface area contributed by atoms with Crippen LogP contribution in [0.15, 0.2) is 0 Å². The molecule has 15 heavy (non-hydrogen) atoms. The molecule has 1 atom stereocenters. The Balaban J connectivity index is 2.78. The van der Waals surface area contributed by atoms with Gasteiger partial charge in [0.05, 0.1) is 12.5 Å². The number of nitrogens with zero attached hydrogens (tertiary/aromatic N) is 1. The van der Waals surface area contributed by atoms with E-state index in [0.717, 1.165) is 0 Å². The van der Waals surface area contributed by atoms with Gasteiger partial charge >= 0.3 is 5.97 Å². The molecule has 0 radical (unpaired) electrons. The van der Waals surface area contributed by atoms with E-state index >= 15 is 0 Å². The predicted molar refractivity (Wildman–Crippen MR) is 55.5 cm³/mol. The summed E-state index contributed by atoms with van der Waals surface area (Å²) in [5, 5.41) is 11.6. The van der Waals surface area contributed by atoms with E-state index in [2.05, 4.69) is 5.32 Å². The molecule has 1 fully saturated rings. The molecule has 1 unspecified atom stereocenters. The quantitative estimate of drug-likeness (QED) is 0.697. The predicted octanol–water partition coefficient (Wildman–Crippen LogP) is 0.0600. The molecule has 0 bridgehead atoms. The third-order valence-corrected chi connectivity index (χ3v) is 2.58. The Labute approximate surface area is 89.4 Å². The molecular weight excluding hydrogens is 196 g/mol. The standard InChI is InChI=1S/C10H18N2O3/c1-4-12-6-10(2,3)11-9(15)7(12)5-8(13)14/h7H,4-6H2,1-3H3,(H,11,15)(H,13,14). The van der Waals surface area contributed by atoms with Crippen LogP contribution in [0.25, 0.3) is 0 Å². The second-order valence-electron chi connectivity index (χ2n) is 4.55. The van der Waals surface area contributed by atoms with E-state index in [4.69, 9.17) is 5.11 Å². The third-order valence-electron chi connectivity index (χ3n) is 2.58. The molecule has 0 spiro atoms. The molecular formula is C10H18N2O3. The van der Waals surface area contributed by atoms with Gasteiger partial charge in [-0.05, 0) is 20.4 Å². The van der Waals surface area contributed by atoms with Crippen molar-refractivity contribution in [2.45, 2.75) is 38.8 Å². The summed E-state index contributed by atoms with van der Waals surface area (Å²) in [6.45, 7) is 7.18. The SMILES string of the molecule is CCN1CC(C)(C)NC(=O)C1CC(=O)O. The van der Waals surface area contributed by atoms with E-state index < -0.39 is 12.0 Å². The first-order valence-corrected chi connectivity index (χ1v) is 5.13. The molecule has 86 valence electrons. The summed E-state index contributed by atoms with van der Waals surface area (Å²) < 4.78 is 0. The lowest BCUT2D eigenvalue weighted by Crippen LogP contribution is -2.64. The fourth-order valence-electron chi connectivity index (χ4n) is 1.96. The van der Waals surface area contributed by atoms with Crippen molar-refractivity contribution in [1.82, 2.24) is 10.2 Å². The van der Waals surface area contributed by atoms with Crippen LogP contribution >= 0.6 is 0 Å². The molecule has 5 heteroatoms. The lowest BCUT2D eigenvalue weighted by atomic mass is 9.97. The van der Waals surface area contributed by atoms with Gasteiger partial charge in [0.25, 0.3) is 0 Å². The molecule has 1 rings (SSSR count). The first-order chi connectivity index (χ1) is 6.85. The summed E-state index contributed by atoms with van der Waals surface area (Å²) in [7, 11) is 0. The van der Waals surface area contributed by atoms with Gasteiger partial charge in [0.1, 0.15) is 0 Å². The maximum atomic E-state index is 11.7. The van der Waals surface area contributed by atoms with Crippen LogP contribution in [0.5, 0.6) is 0 Å². The highest BCUT2D eigenvalue weighted by molar-refractivity contribution is 5.87. The first kappa shape index (κ1) is 12.0. The van der Waals surface area contributed by atoms with Gasteiger partial charge in [-0.25, -0.2) is 0 Å². The molecule has 0 aliphatic carbocycles. The Morgan fingerprint density at radius 1 is 1.67 bits per heavy atom. The zero-order valence-electron chi connectivity index (χ0n) is 9.41. The van der Waals surface area contributed by atoms with Crippen LogP contribution in [0.4, 0.5) is 0 Å². The molecule has 5 nitrogen and oxygen atoms in total. The van der Waals surface area contributed by atoms with Crippen LogP contribution in [-0.4, -0.2) is 46.6 Å². The van der Waals surface area contributed by atoms with Crippen molar-refractivity contribution in [3.63, 3.8) is 0 Å². The number of nitrogens with one attached hydrogen (secondary N) is 1. The molecule has 0 aromatic rings. The molecule has 1 amide bonds. The average Bonchev–Trinajstić information content (AvgIpc) is 2.08. The summed E-state index contributed by atoms with van der Waals surface area (Å²) in [6, 6.07) is -0.527. The van der Waals surface area contributed by atoms with Gasteiger partial charge in [0.2, 0.25) is 5.91 Å². The van der Waals surface area contributed by atoms with E-state index in [1.165, 1.54) is 0 Å². The zero-order valence-corrected chi connectivity index (χ0v) is 9.41. The highest BCUT2D eigenvalue weighted by Gasteiger charge is 2.38. The molecule has 0 aromatic carbocycles. The van der Waals surface area contributed by atoms with Crippen LogP contribution in [0.3, 0.4) is 0 Å². The monoisotopic (exact) mass is 214 g/mol. The van der Waals surface area contributed by atoms with Gasteiger partial charge in [-0.3, -0.25) is 14.5 Å². The van der Waals surface area contributed by atoms with E-state index in [9.17, 15) is 9.59 Å². The van der Waals surface area contributed by atoms with Crippen LogP contribution in [0, 0.1) is 0 Å². The average molecular weight is 214 g/mol. The van der Waals surface area contributed by atoms with Crippen molar-refractivity contribution in [1.29, 1.82) is 0 Å². The summed E-state index contributed by atoms with van der Waals surface area (Å²) in [6.07, 6.45) is -0.129. The van der Waals surface area contributed by atoms with Gasteiger partial charge in [0, 0.05) is 12.1 Å². The van der Waals surface area contributed by atoms with Gasteiger partial charge in [-0.2, -0.15) is 0 Å². The maximum Gasteiger partial charge on any atom is 0.305 e. The highest BCUT2D eigenvalue weighted by Crippen LogP contribution is 2.17. The Morgan fingerprint density at radius 2 is 2.27 bits per heavy atom. The van der Waals surface area contributed by atoms with Crippen molar-refractivity contribution in [3.8, 4) is 0 Å². The summed E-state index contributed by atoms with van der Waals surface area (Å²) >= 11 is 0. The van der Waals surface area contributed by atoms with E-state index in [0.29, 0.717) is 13.1 Å².